The normalized spacial score (nSPS) is 17.6. The summed E-state index contributed by atoms with van der Waals surface area (Å²) in [5.74, 6) is 0.673. The molecule has 0 radical (unpaired) electrons. The maximum atomic E-state index is 13.5. The standard InChI is InChI=1S/C14H19BrFN/c1-9-6-12(15)13(16)8-14(9)17-10(2)7-11-4-3-5-11/h6,8,10-11,17H,3-5,7H2,1-2H3. The third-order valence-electron chi connectivity index (χ3n) is 3.58. The molecule has 17 heavy (non-hydrogen) atoms. The van der Waals surface area contributed by atoms with Gasteiger partial charge >= 0.3 is 0 Å². The average Bonchev–Trinajstić information content (AvgIpc) is 2.20. The molecule has 1 fully saturated rings. The minimum atomic E-state index is -0.200. The van der Waals surface area contributed by atoms with Crippen molar-refractivity contribution in [3.63, 3.8) is 0 Å². The Bertz CT molecular complexity index is 401. The minimum Gasteiger partial charge on any atom is -0.382 e. The third kappa shape index (κ3) is 3.21. The summed E-state index contributed by atoms with van der Waals surface area (Å²) in [5.41, 5.74) is 2.00. The van der Waals surface area contributed by atoms with Crippen LogP contribution in [-0.2, 0) is 0 Å². The van der Waals surface area contributed by atoms with Crippen LogP contribution >= 0.6 is 15.9 Å². The van der Waals surface area contributed by atoms with E-state index in [9.17, 15) is 4.39 Å². The van der Waals surface area contributed by atoms with E-state index in [1.165, 1.54) is 25.7 Å². The molecule has 1 aliphatic rings. The molecular formula is C14H19BrFN. The lowest BCUT2D eigenvalue weighted by Crippen LogP contribution is -2.23. The smallest absolute Gasteiger partial charge is 0.139 e. The highest BCUT2D eigenvalue weighted by molar-refractivity contribution is 9.10. The van der Waals surface area contributed by atoms with Gasteiger partial charge in [0.2, 0.25) is 0 Å². The fraction of sp³-hybridized carbons (Fsp3) is 0.571. The van der Waals surface area contributed by atoms with Crippen LogP contribution in [0.15, 0.2) is 16.6 Å². The van der Waals surface area contributed by atoms with E-state index in [-0.39, 0.29) is 5.82 Å². The molecule has 2 rings (SSSR count). The Morgan fingerprint density at radius 3 is 2.76 bits per heavy atom. The van der Waals surface area contributed by atoms with E-state index in [4.69, 9.17) is 0 Å². The van der Waals surface area contributed by atoms with Crippen LogP contribution in [0, 0.1) is 18.7 Å². The molecule has 1 aromatic carbocycles. The van der Waals surface area contributed by atoms with Crippen LogP contribution in [0.2, 0.25) is 0 Å². The molecule has 1 N–H and O–H groups in total. The van der Waals surface area contributed by atoms with Gasteiger partial charge in [-0.15, -0.1) is 0 Å². The fourth-order valence-corrected chi connectivity index (χ4v) is 2.81. The van der Waals surface area contributed by atoms with Gasteiger partial charge in [-0.2, -0.15) is 0 Å². The summed E-state index contributed by atoms with van der Waals surface area (Å²) < 4.78 is 14.0. The molecule has 0 aromatic heterocycles. The van der Waals surface area contributed by atoms with Crippen LogP contribution in [0.1, 0.15) is 38.2 Å². The molecule has 94 valence electrons. The van der Waals surface area contributed by atoms with Gasteiger partial charge in [0.1, 0.15) is 5.82 Å². The van der Waals surface area contributed by atoms with Gasteiger partial charge in [-0.1, -0.05) is 19.3 Å². The van der Waals surface area contributed by atoms with E-state index in [2.05, 4.69) is 28.2 Å². The van der Waals surface area contributed by atoms with Crippen molar-refractivity contribution in [1.82, 2.24) is 0 Å². The first-order valence-corrected chi connectivity index (χ1v) is 7.07. The summed E-state index contributed by atoms with van der Waals surface area (Å²) in [4.78, 5) is 0. The quantitative estimate of drug-likeness (QED) is 0.835. The first-order valence-electron chi connectivity index (χ1n) is 6.28. The van der Waals surface area contributed by atoms with Crippen molar-refractivity contribution in [1.29, 1.82) is 0 Å². The zero-order chi connectivity index (χ0) is 12.4. The summed E-state index contributed by atoms with van der Waals surface area (Å²) in [6.45, 7) is 4.18. The molecule has 1 atom stereocenters. The monoisotopic (exact) mass is 299 g/mol. The number of hydrogen-bond donors (Lipinski definition) is 1. The predicted molar refractivity (Wildman–Crippen MR) is 73.9 cm³/mol. The van der Waals surface area contributed by atoms with E-state index < -0.39 is 0 Å². The highest BCUT2D eigenvalue weighted by Crippen LogP contribution is 2.32. The summed E-state index contributed by atoms with van der Waals surface area (Å²) in [5, 5.41) is 3.42. The van der Waals surface area contributed by atoms with Crippen LogP contribution in [0.25, 0.3) is 0 Å². The Morgan fingerprint density at radius 1 is 1.47 bits per heavy atom. The van der Waals surface area contributed by atoms with Crippen molar-refractivity contribution >= 4 is 21.6 Å². The summed E-state index contributed by atoms with van der Waals surface area (Å²) in [7, 11) is 0. The maximum absolute atomic E-state index is 13.5. The van der Waals surface area contributed by atoms with Crippen molar-refractivity contribution < 1.29 is 4.39 Å². The molecule has 0 spiro atoms. The van der Waals surface area contributed by atoms with E-state index in [1.807, 2.05) is 13.0 Å². The number of nitrogens with one attached hydrogen (secondary N) is 1. The third-order valence-corrected chi connectivity index (χ3v) is 4.19. The van der Waals surface area contributed by atoms with Gasteiger partial charge in [-0.05, 0) is 59.8 Å². The summed E-state index contributed by atoms with van der Waals surface area (Å²) >= 11 is 3.20. The second-order valence-corrected chi connectivity index (χ2v) is 6.01. The van der Waals surface area contributed by atoms with Crippen molar-refractivity contribution in [3.05, 3.63) is 28.0 Å². The van der Waals surface area contributed by atoms with E-state index in [1.54, 1.807) is 6.07 Å². The SMILES string of the molecule is Cc1cc(Br)c(F)cc1NC(C)CC1CCC1. The molecule has 0 amide bonds. The van der Waals surface area contributed by atoms with Gasteiger partial charge in [0.25, 0.3) is 0 Å². The van der Waals surface area contributed by atoms with Crippen LogP contribution < -0.4 is 5.32 Å². The van der Waals surface area contributed by atoms with Gasteiger partial charge in [0.05, 0.1) is 4.47 Å². The Labute approximate surface area is 111 Å². The van der Waals surface area contributed by atoms with Gasteiger partial charge in [0.15, 0.2) is 0 Å². The Morgan fingerprint density at radius 2 is 2.18 bits per heavy atom. The first kappa shape index (κ1) is 12.9. The summed E-state index contributed by atoms with van der Waals surface area (Å²) in [6, 6.07) is 3.82. The van der Waals surface area contributed by atoms with Crippen molar-refractivity contribution in [2.24, 2.45) is 5.92 Å². The molecule has 1 nitrogen and oxygen atoms in total. The lowest BCUT2D eigenvalue weighted by atomic mass is 9.81. The van der Waals surface area contributed by atoms with Crippen LogP contribution in [0.4, 0.5) is 10.1 Å². The lowest BCUT2D eigenvalue weighted by Gasteiger charge is -2.29. The maximum Gasteiger partial charge on any atom is 0.139 e. The molecule has 0 saturated heterocycles. The van der Waals surface area contributed by atoms with Gasteiger partial charge in [0, 0.05) is 11.7 Å². The highest BCUT2D eigenvalue weighted by Gasteiger charge is 2.20. The van der Waals surface area contributed by atoms with Crippen LogP contribution in [-0.4, -0.2) is 6.04 Å². The lowest BCUT2D eigenvalue weighted by molar-refractivity contribution is 0.286. The average molecular weight is 300 g/mol. The van der Waals surface area contributed by atoms with E-state index in [0.717, 1.165) is 17.2 Å². The molecule has 1 unspecified atom stereocenters. The number of halogens is 2. The molecule has 1 aliphatic carbocycles. The Kier molecular flexibility index (Phi) is 4.08. The molecule has 1 saturated carbocycles. The van der Waals surface area contributed by atoms with Crippen molar-refractivity contribution in [3.8, 4) is 0 Å². The second-order valence-electron chi connectivity index (χ2n) is 5.16. The van der Waals surface area contributed by atoms with E-state index >= 15 is 0 Å². The zero-order valence-electron chi connectivity index (χ0n) is 10.4. The predicted octanol–water partition coefficient (Wildman–Crippen LogP) is 4.89. The second kappa shape index (κ2) is 5.38. The van der Waals surface area contributed by atoms with Crippen LogP contribution in [0.5, 0.6) is 0 Å². The first-order chi connectivity index (χ1) is 8.06. The minimum absolute atomic E-state index is 0.200. The highest BCUT2D eigenvalue weighted by atomic mass is 79.9. The number of rotatable bonds is 4. The number of aryl methyl sites for hydroxylation is 1. The van der Waals surface area contributed by atoms with E-state index in [0.29, 0.717) is 10.5 Å². The zero-order valence-corrected chi connectivity index (χ0v) is 12.0. The number of anilines is 1. The molecule has 0 aliphatic heterocycles. The summed E-state index contributed by atoms with van der Waals surface area (Å²) in [6.07, 6.45) is 5.29. The molecule has 1 aromatic rings. The molecular weight excluding hydrogens is 281 g/mol. The Hall–Kier alpha value is -0.570. The van der Waals surface area contributed by atoms with Gasteiger partial charge in [-0.3, -0.25) is 0 Å². The van der Waals surface area contributed by atoms with Gasteiger partial charge in [-0.25, -0.2) is 4.39 Å². The van der Waals surface area contributed by atoms with Gasteiger partial charge < -0.3 is 5.32 Å². The van der Waals surface area contributed by atoms with Crippen molar-refractivity contribution in [2.45, 2.75) is 45.6 Å². The number of hydrogen-bond acceptors (Lipinski definition) is 1. The van der Waals surface area contributed by atoms with Crippen molar-refractivity contribution in [2.75, 3.05) is 5.32 Å². The largest absolute Gasteiger partial charge is 0.382 e. The topological polar surface area (TPSA) is 12.0 Å². The van der Waals surface area contributed by atoms with Crippen LogP contribution in [0.3, 0.4) is 0 Å². The number of benzene rings is 1. The fourth-order valence-electron chi connectivity index (χ4n) is 2.35. The molecule has 0 heterocycles. The molecule has 0 bridgehead atoms. The Balaban J connectivity index is 1.99. The molecule has 3 heteroatoms.